The maximum atomic E-state index is 11.1. The van der Waals surface area contributed by atoms with E-state index in [4.69, 9.17) is 5.11 Å². The van der Waals surface area contributed by atoms with Gasteiger partial charge in [-0.3, -0.25) is 9.69 Å². The molecule has 3 nitrogen and oxygen atoms in total. The van der Waals surface area contributed by atoms with Gasteiger partial charge in [0, 0.05) is 12.1 Å². The van der Waals surface area contributed by atoms with Gasteiger partial charge in [-0.25, -0.2) is 0 Å². The molecule has 2 saturated heterocycles. The number of fused-ring (bicyclic) bond motifs is 2. The highest BCUT2D eigenvalue weighted by molar-refractivity contribution is 7.99. The average molecular weight is 243 g/mol. The van der Waals surface area contributed by atoms with Crippen molar-refractivity contribution in [2.75, 3.05) is 18.1 Å². The lowest BCUT2D eigenvalue weighted by Gasteiger charge is -2.22. The fourth-order valence-electron chi connectivity index (χ4n) is 3.21. The van der Waals surface area contributed by atoms with Crippen LogP contribution in [0, 0.1) is 5.92 Å². The highest BCUT2D eigenvalue weighted by atomic mass is 32.2. The highest BCUT2D eigenvalue weighted by Crippen LogP contribution is 2.41. The van der Waals surface area contributed by atoms with Gasteiger partial charge in [-0.1, -0.05) is 6.92 Å². The zero-order valence-corrected chi connectivity index (χ0v) is 10.7. The first kappa shape index (κ1) is 12.2. The van der Waals surface area contributed by atoms with Gasteiger partial charge in [0.05, 0.1) is 5.92 Å². The third kappa shape index (κ3) is 2.38. The molecule has 0 saturated carbocycles. The van der Waals surface area contributed by atoms with Crippen LogP contribution in [0.25, 0.3) is 0 Å². The van der Waals surface area contributed by atoms with Crippen LogP contribution in [-0.2, 0) is 4.79 Å². The summed E-state index contributed by atoms with van der Waals surface area (Å²) in [5.74, 6) is 1.73. The zero-order valence-electron chi connectivity index (χ0n) is 9.89. The number of carboxylic acids is 1. The van der Waals surface area contributed by atoms with Gasteiger partial charge >= 0.3 is 5.97 Å². The monoisotopic (exact) mass is 243 g/mol. The van der Waals surface area contributed by atoms with Crippen LogP contribution in [0.2, 0.25) is 0 Å². The van der Waals surface area contributed by atoms with Crippen LogP contribution in [0.1, 0.15) is 32.6 Å². The van der Waals surface area contributed by atoms with Crippen molar-refractivity contribution in [2.24, 2.45) is 5.92 Å². The predicted octanol–water partition coefficient (Wildman–Crippen LogP) is 2.07. The van der Waals surface area contributed by atoms with Crippen molar-refractivity contribution < 1.29 is 9.90 Å². The Hall–Kier alpha value is -0.220. The minimum atomic E-state index is -0.583. The van der Waals surface area contributed by atoms with Gasteiger partial charge in [-0.15, -0.1) is 0 Å². The standard InChI is InChI=1S/C12H21NO2S/c1-2-16-7-3-6-13-9-4-5-11(13)10(8-9)12(14)15/h9-11H,2-8H2,1H3,(H,14,15). The van der Waals surface area contributed by atoms with E-state index >= 15 is 0 Å². The van der Waals surface area contributed by atoms with Crippen molar-refractivity contribution >= 4 is 17.7 Å². The Kier molecular flexibility index (Phi) is 4.14. The third-order valence-electron chi connectivity index (χ3n) is 3.91. The van der Waals surface area contributed by atoms with Gasteiger partial charge < -0.3 is 5.11 Å². The molecule has 2 heterocycles. The Morgan fingerprint density at radius 2 is 2.31 bits per heavy atom. The first-order valence-electron chi connectivity index (χ1n) is 6.30. The van der Waals surface area contributed by atoms with E-state index < -0.39 is 5.97 Å². The second kappa shape index (κ2) is 5.41. The lowest BCUT2D eigenvalue weighted by atomic mass is 9.89. The SMILES string of the molecule is CCSCCCN1C2CCC1C(C(=O)O)C2. The van der Waals surface area contributed by atoms with Gasteiger partial charge in [-0.2, -0.15) is 11.8 Å². The first-order chi connectivity index (χ1) is 7.74. The Morgan fingerprint density at radius 1 is 1.50 bits per heavy atom. The molecule has 3 unspecified atom stereocenters. The first-order valence-corrected chi connectivity index (χ1v) is 7.45. The minimum Gasteiger partial charge on any atom is -0.481 e. The third-order valence-corrected chi connectivity index (χ3v) is 4.89. The number of rotatable bonds is 6. The van der Waals surface area contributed by atoms with Crippen LogP contribution >= 0.6 is 11.8 Å². The van der Waals surface area contributed by atoms with Gasteiger partial charge in [0.15, 0.2) is 0 Å². The summed E-state index contributed by atoms with van der Waals surface area (Å²) in [6.07, 6.45) is 4.41. The number of thioether (sulfide) groups is 1. The number of aliphatic carboxylic acids is 1. The van der Waals surface area contributed by atoms with E-state index in [9.17, 15) is 4.79 Å². The summed E-state index contributed by atoms with van der Waals surface area (Å²) < 4.78 is 0. The molecule has 0 radical (unpaired) electrons. The Morgan fingerprint density at radius 3 is 2.94 bits per heavy atom. The Balaban J connectivity index is 1.80. The van der Waals surface area contributed by atoms with Crippen LogP contribution < -0.4 is 0 Å². The minimum absolute atomic E-state index is 0.0856. The lowest BCUT2D eigenvalue weighted by molar-refractivity contribution is -0.142. The average Bonchev–Trinajstić information content (AvgIpc) is 2.81. The van der Waals surface area contributed by atoms with Crippen molar-refractivity contribution in [3.05, 3.63) is 0 Å². The van der Waals surface area contributed by atoms with Gasteiger partial charge in [-0.05, 0) is 43.7 Å². The van der Waals surface area contributed by atoms with E-state index in [1.807, 2.05) is 11.8 Å². The summed E-state index contributed by atoms with van der Waals surface area (Å²) in [5.41, 5.74) is 0. The summed E-state index contributed by atoms with van der Waals surface area (Å²) in [6.45, 7) is 3.29. The molecule has 2 bridgehead atoms. The van der Waals surface area contributed by atoms with E-state index in [0.717, 1.165) is 19.4 Å². The van der Waals surface area contributed by atoms with E-state index in [1.54, 1.807) is 0 Å². The fraction of sp³-hybridized carbons (Fsp3) is 0.917. The molecule has 3 atom stereocenters. The molecule has 4 heteroatoms. The molecule has 0 spiro atoms. The van der Waals surface area contributed by atoms with Gasteiger partial charge in [0.25, 0.3) is 0 Å². The maximum Gasteiger partial charge on any atom is 0.308 e. The summed E-state index contributed by atoms with van der Waals surface area (Å²) in [4.78, 5) is 13.5. The fourth-order valence-corrected chi connectivity index (χ4v) is 3.83. The van der Waals surface area contributed by atoms with Crippen LogP contribution in [0.15, 0.2) is 0 Å². The number of carboxylic acid groups (broad SMARTS) is 1. The summed E-state index contributed by atoms with van der Waals surface area (Å²) in [6, 6.07) is 0.909. The van der Waals surface area contributed by atoms with E-state index in [0.29, 0.717) is 12.1 Å². The van der Waals surface area contributed by atoms with E-state index in [1.165, 1.54) is 24.3 Å². The molecule has 0 aliphatic carbocycles. The molecule has 2 fully saturated rings. The largest absolute Gasteiger partial charge is 0.481 e. The smallest absolute Gasteiger partial charge is 0.308 e. The molecule has 0 aromatic carbocycles. The van der Waals surface area contributed by atoms with Gasteiger partial charge in [0.2, 0.25) is 0 Å². The summed E-state index contributed by atoms with van der Waals surface area (Å²) in [5, 5.41) is 9.13. The molecule has 2 aliphatic rings. The molecular formula is C12H21NO2S. The summed E-state index contributed by atoms with van der Waals surface area (Å²) in [7, 11) is 0. The number of nitrogens with zero attached hydrogens (tertiary/aromatic N) is 1. The number of carbonyl (C=O) groups is 1. The number of hydrogen-bond donors (Lipinski definition) is 1. The zero-order chi connectivity index (χ0) is 11.5. The van der Waals surface area contributed by atoms with Crippen LogP contribution in [0.5, 0.6) is 0 Å². The molecule has 0 amide bonds. The van der Waals surface area contributed by atoms with Crippen molar-refractivity contribution in [3.8, 4) is 0 Å². The van der Waals surface area contributed by atoms with Crippen LogP contribution in [0.3, 0.4) is 0 Å². The molecule has 2 rings (SSSR count). The van der Waals surface area contributed by atoms with Crippen molar-refractivity contribution in [1.82, 2.24) is 4.90 Å². The van der Waals surface area contributed by atoms with E-state index in [2.05, 4.69) is 11.8 Å². The molecule has 2 aliphatic heterocycles. The van der Waals surface area contributed by atoms with Crippen LogP contribution in [-0.4, -0.2) is 46.1 Å². The summed E-state index contributed by atoms with van der Waals surface area (Å²) >= 11 is 1.98. The lowest BCUT2D eigenvalue weighted by Crippen LogP contribution is -2.33. The predicted molar refractivity (Wildman–Crippen MR) is 66.9 cm³/mol. The Bertz CT molecular complexity index is 259. The Labute approximate surface area is 102 Å². The van der Waals surface area contributed by atoms with E-state index in [-0.39, 0.29) is 5.92 Å². The van der Waals surface area contributed by atoms with Crippen molar-refractivity contribution in [3.63, 3.8) is 0 Å². The highest BCUT2D eigenvalue weighted by Gasteiger charge is 2.48. The van der Waals surface area contributed by atoms with Crippen molar-refractivity contribution in [1.29, 1.82) is 0 Å². The normalized spacial score (nSPS) is 33.4. The number of hydrogen-bond acceptors (Lipinski definition) is 3. The second-order valence-electron chi connectivity index (χ2n) is 4.77. The second-order valence-corrected chi connectivity index (χ2v) is 6.16. The topological polar surface area (TPSA) is 40.5 Å². The molecule has 16 heavy (non-hydrogen) atoms. The maximum absolute atomic E-state index is 11.1. The van der Waals surface area contributed by atoms with Crippen molar-refractivity contribution in [2.45, 2.75) is 44.7 Å². The molecule has 0 aromatic rings. The van der Waals surface area contributed by atoms with Gasteiger partial charge in [0.1, 0.15) is 0 Å². The molecule has 92 valence electrons. The van der Waals surface area contributed by atoms with Crippen LogP contribution in [0.4, 0.5) is 0 Å². The molecular weight excluding hydrogens is 222 g/mol. The quantitative estimate of drug-likeness (QED) is 0.725. The molecule has 0 aromatic heterocycles. The molecule has 1 N–H and O–H groups in total.